The van der Waals surface area contributed by atoms with Crippen molar-refractivity contribution in [2.24, 2.45) is 0 Å². The Hall–Kier alpha value is -4.60. The van der Waals surface area contributed by atoms with Crippen molar-refractivity contribution in [3.63, 3.8) is 0 Å². The van der Waals surface area contributed by atoms with Crippen LogP contribution in [0.15, 0.2) is 66.7 Å². The number of carbonyl (C=O) groups excluding carboxylic acids is 2. The number of ether oxygens (including phenoxy) is 3. The molecule has 1 aliphatic heterocycles. The molecule has 3 aromatic carbocycles. The molecule has 2 heterocycles. The summed E-state index contributed by atoms with van der Waals surface area (Å²) in [6, 6.07) is 18.9. The molecule has 1 N–H and O–H groups in total. The third-order valence-electron chi connectivity index (χ3n) is 6.29. The topological polar surface area (TPSA) is 108 Å². The third kappa shape index (κ3) is 5.85. The minimum atomic E-state index is -1.00. The number of hydrogen-bond donors (Lipinski definition) is 1. The highest BCUT2D eigenvalue weighted by Gasteiger charge is 2.35. The maximum atomic E-state index is 14.2. The fourth-order valence-corrected chi connectivity index (χ4v) is 4.63. The van der Waals surface area contributed by atoms with Crippen LogP contribution in [0.4, 0.5) is 5.69 Å². The lowest BCUT2D eigenvalue weighted by Gasteiger charge is -2.34. The molecule has 0 saturated carbocycles. The van der Waals surface area contributed by atoms with E-state index in [-0.39, 0.29) is 18.4 Å². The predicted molar refractivity (Wildman–Crippen MR) is 151 cm³/mol. The first-order valence-electron chi connectivity index (χ1n) is 13.3. The molecule has 0 fully saturated rings. The Labute approximate surface area is 232 Å². The van der Waals surface area contributed by atoms with Crippen LogP contribution in [0.25, 0.3) is 11.0 Å². The number of rotatable bonds is 8. The van der Waals surface area contributed by atoms with Crippen LogP contribution in [0, 0.1) is 0 Å². The number of amides is 2. The van der Waals surface area contributed by atoms with Gasteiger partial charge >= 0.3 is 0 Å². The van der Waals surface area contributed by atoms with Crippen molar-refractivity contribution in [3.05, 3.63) is 72.3 Å². The van der Waals surface area contributed by atoms with Gasteiger partial charge in [0.05, 0.1) is 12.1 Å². The van der Waals surface area contributed by atoms with E-state index in [1.54, 1.807) is 47.1 Å². The van der Waals surface area contributed by atoms with Crippen molar-refractivity contribution in [1.82, 2.24) is 20.3 Å². The molecule has 0 spiro atoms. The highest BCUT2D eigenvalue weighted by molar-refractivity contribution is 6.02. The van der Waals surface area contributed by atoms with E-state index < -0.39 is 11.6 Å². The number of fused-ring (bicyclic) bond motifs is 2. The van der Waals surface area contributed by atoms with Gasteiger partial charge in [0.25, 0.3) is 0 Å². The van der Waals surface area contributed by atoms with Gasteiger partial charge < -0.3 is 19.5 Å². The number of carbonyl (C=O) groups is 2. The van der Waals surface area contributed by atoms with Gasteiger partial charge in [-0.1, -0.05) is 29.5 Å². The molecule has 0 saturated heterocycles. The molecule has 0 radical (unpaired) electrons. The van der Waals surface area contributed by atoms with Crippen molar-refractivity contribution >= 4 is 28.5 Å². The standard InChI is InChI=1S/C30H33N5O5/c1-5-38-22-13-10-20(11-14-22)28(29(37)31-30(2,3)4)35(21-12-15-25-26(18-21)40-17-16-39-25)27(36)19-34-24-9-7-6-8-23(24)32-33-34/h6-15,18,28H,5,16-17,19H2,1-4H3,(H,31,37). The summed E-state index contributed by atoms with van der Waals surface area (Å²) in [6.45, 7) is 8.82. The SMILES string of the molecule is CCOc1ccc(C(C(=O)NC(C)(C)C)N(C(=O)Cn2nnc3ccccc32)c2ccc3c(c2)OCCO3)cc1. The lowest BCUT2D eigenvalue weighted by Crippen LogP contribution is -2.50. The minimum absolute atomic E-state index is 0.134. The van der Waals surface area contributed by atoms with E-state index in [4.69, 9.17) is 14.2 Å². The summed E-state index contributed by atoms with van der Waals surface area (Å²) in [5.74, 6) is 1.09. The van der Waals surface area contributed by atoms with Gasteiger partial charge in [-0.3, -0.25) is 14.5 Å². The number of aromatic nitrogens is 3. The van der Waals surface area contributed by atoms with Crippen molar-refractivity contribution in [2.75, 3.05) is 24.7 Å². The van der Waals surface area contributed by atoms with Crippen LogP contribution in [0.5, 0.6) is 17.2 Å². The Bertz CT molecular complexity index is 1510. The molecule has 1 unspecified atom stereocenters. The first-order valence-corrected chi connectivity index (χ1v) is 13.3. The highest BCUT2D eigenvalue weighted by atomic mass is 16.6. The molecule has 40 heavy (non-hydrogen) atoms. The lowest BCUT2D eigenvalue weighted by atomic mass is 10.0. The summed E-state index contributed by atoms with van der Waals surface area (Å²) >= 11 is 0. The summed E-state index contributed by atoms with van der Waals surface area (Å²) in [7, 11) is 0. The second kappa shape index (κ2) is 11.3. The zero-order valence-corrected chi connectivity index (χ0v) is 23.1. The van der Waals surface area contributed by atoms with E-state index in [9.17, 15) is 9.59 Å². The van der Waals surface area contributed by atoms with Gasteiger partial charge in [-0.05, 0) is 69.7 Å². The zero-order chi connectivity index (χ0) is 28.3. The maximum Gasteiger partial charge on any atom is 0.249 e. The Kier molecular flexibility index (Phi) is 7.59. The fourth-order valence-electron chi connectivity index (χ4n) is 4.63. The zero-order valence-electron chi connectivity index (χ0n) is 23.1. The van der Waals surface area contributed by atoms with Crippen LogP contribution in [-0.2, 0) is 16.1 Å². The van der Waals surface area contributed by atoms with E-state index >= 15 is 0 Å². The second-order valence-corrected chi connectivity index (χ2v) is 10.5. The minimum Gasteiger partial charge on any atom is -0.494 e. The van der Waals surface area contributed by atoms with E-state index in [2.05, 4.69) is 15.6 Å². The van der Waals surface area contributed by atoms with Gasteiger partial charge in [-0.15, -0.1) is 5.10 Å². The number of hydrogen-bond acceptors (Lipinski definition) is 7. The predicted octanol–water partition coefficient (Wildman–Crippen LogP) is 4.29. The lowest BCUT2D eigenvalue weighted by molar-refractivity contribution is -0.128. The third-order valence-corrected chi connectivity index (χ3v) is 6.29. The normalized spacial score (nSPS) is 13.5. The Morgan fingerprint density at radius 1 is 1.02 bits per heavy atom. The van der Waals surface area contributed by atoms with Gasteiger partial charge in [0, 0.05) is 17.3 Å². The number of nitrogens with zero attached hydrogens (tertiary/aromatic N) is 4. The summed E-state index contributed by atoms with van der Waals surface area (Å²) in [5.41, 5.74) is 1.97. The number of nitrogens with one attached hydrogen (secondary N) is 1. The highest BCUT2D eigenvalue weighted by Crippen LogP contribution is 2.37. The van der Waals surface area contributed by atoms with E-state index in [1.807, 2.05) is 52.0 Å². The Morgan fingerprint density at radius 2 is 1.75 bits per heavy atom. The first kappa shape index (κ1) is 27.0. The number of anilines is 1. The number of benzene rings is 3. The molecule has 1 aliphatic rings. The summed E-state index contributed by atoms with van der Waals surface area (Å²) in [5, 5.41) is 11.5. The average Bonchev–Trinajstić information content (AvgIpc) is 3.33. The maximum absolute atomic E-state index is 14.2. The van der Waals surface area contributed by atoms with Gasteiger partial charge in [0.15, 0.2) is 11.5 Å². The molecule has 10 heteroatoms. The van der Waals surface area contributed by atoms with Crippen LogP contribution in [0.1, 0.15) is 39.3 Å². The second-order valence-electron chi connectivity index (χ2n) is 10.5. The first-order chi connectivity index (χ1) is 19.2. The van der Waals surface area contributed by atoms with Crippen molar-refractivity contribution in [3.8, 4) is 17.2 Å². The molecule has 10 nitrogen and oxygen atoms in total. The molecule has 0 aliphatic carbocycles. The van der Waals surface area contributed by atoms with Crippen LogP contribution in [0.3, 0.4) is 0 Å². The van der Waals surface area contributed by atoms with E-state index in [0.717, 1.165) is 5.52 Å². The van der Waals surface area contributed by atoms with Crippen molar-refractivity contribution in [2.45, 2.75) is 45.8 Å². The molecule has 5 rings (SSSR count). The van der Waals surface area contributed by atoms with Crippen molar-refractivity contribution in [1.29, 1.82) is 0 Å². The van der Waals surface area contributed by atoms with Crippen LogP contribution in [-0.4, -0.2) is 52.2 Å². The smallest absolute Gasteiger partial charge is 0.249 e. The Morgan fingerprint density at radius 3 is 2.48 bits per heavy atom. The van der Waals surface area contributed by atoms with Gasteiger partial charge in [0.1, 0.15) is 37.1 Å². The van der Waals surface area contributed by atoms with Gasteiger partial charge in [-0.25, -0.2) is 4.68 Å². The molecule has 4 aromatic rings. The van der Waals surface area contributed by atoms with Gasteiger partial charge in [0.2, 0.25) is 11.8 Å². The van der Waals surface area contributed by atoms with E-state index in [1.165, 1.54) is 4.90 Å². The summed E-state index contributed by atoms with van der Waals surface area (Å²) < 4.78 is 18.7. The Balaban J connectivity index is 1.61. The fraction of sp³-hybridized carbons (Fsp3) is 0.333. The molecule has 0 bridgehead atoms. The van der Waals surface area contributed by atoms with E-state index in [0.29, 0.717) is 53.8 Å². The monoisotopic (exact) mass is 543 g/mol. The van der Waals surface area contributed by atoms with Crippen LogP contribution < -0.4 is 24.4 Å². The van der Waals surface area contributed by atoms with Crippen molar-refractivity contribution < 1.29 is 23.8 Å². The molecular weight excluding hydrogens is 510 g/mol. The largest absolute Gasteiger partial charge is 0.494 e. The quantitative estimate of drug-likeness (QED) is 0.353. The van der Waals surface area contributed by atoms with Gasteiger partial charge in [-0.2, -0.15) is 0 Å². The average molecular weight is 544 g/mol. The molecule has 2 amide bonds. The van der Waals surface area contributed by atoms with Crippen LogP contribution >= 0.6 is 0 Å². The summed E-state index contributed by atoms with van der Waals surface area (Å²) in [4.78, 5) is 29.7. The number of para-hydroxylation sites is 1. The molecular formula is C30H33N5O5. The summed E-state index contributed by atoms with van der Waals surface area (Å²) in [6.07, 6.45) is 0. The molecule has 1 atom stereocenters. The molecule has 208 valence electrons. The van der Waals surface area contributed by atoms with Crippen LogP contribution in [0.2, 0.25) is 0 Å². The molecule has 1 aromatic heterocycles.